The molecule has 3 rings (SSSR count). The Labute approximate surface area is 174 Å². The van der Waals surface area contributed by atoms with Gasteiger partial charge >= 0.3 is 0 Å². The van der Waals surface area contributed by atoms with Crippen LogP contribution in [0, 0.1) is 0 Å². The summed E-state index contributed by atoms with van der Waals surface area (Å²) in [6.45, 7) is -0.186. The van der Waals surface area contributed by atoms with E-state index in [9.17, 15) is 9.59 Å². The van der Waals surface area contributed by atoms with E-state index in [0.717, 1.165) is 11.1 Å². The van der Waals surface area contributed by atoms with Crippen molar-refractivity contribution in [2.75, 3.05) is 6.54 Å². The molecule has 0 saturated carbocycles. The molecule has 2 N–H and O–H groups in total. The molecule has 0 bridgehead atoms. The minimum Gasteiger partial charge on any atom is -0.346 e. The van der Waals surface area contributed by atoms with E-state index in [4.69, 9.17) is 11.6 Å². The summed E-state index contributed by atoms with van der Waals surface area (Å²) in [5.41, 5.74) is 4.79. The van der Waals surface area contributed by atoms with Crippen molar-refractivity contribution in [3.05, 3.63) is 107 Å². The molecule has 0 aliphatic carbocycles. The van der Waals surface area contributed by atoms with Crippen molar-refractivity contribution in [2.45, 2.75) is 5.92 Å². The standard InChI is InChI=1S/C23H20ClN3O2/c24-20-14-8-7-13-19(20)15-26-27-21(28)16-25-23(29)22(17-9-3-1-4-10-17)18-11-5-2-6-12-18/h1-15,22H,16H2,(H,25,29)(H,27,28). The number of benzene rings is 3. The van der Waals surface area contributed by atoms with Crippen LogP contribution in [0.3, 0.4) is 0 Å². The number of rotatable bonds is 7. The highest BCUT2D eigenvalue weighted by Gasteiger charge is 2.22. The van der Waals surface area contributed by atoms with Crippen LogP contribution in [0.2, 0.25) is 5.02 Å². The number of hydrazone groups is 1. The van der Waals surface area contributed by atoms with Crippen molar-refractivity contribution < 1.29 is 9.59 Å². The predicted octanol–water partition coefficient (Wildman–Crippen LogP) is 3.74. The average molecular weight is 406 g/mol. The van der Waals surface area contributed by atoms with Gasteiger partial charge in [-0.05, 0) is 17.2 Å². The lowest BCUT2D eigenvalue weighted by molar-refractivity contribution is -0.126. The molecule has 29 heavy (non-hydrogen) atoms. The van der Waals surface area contributed by atoms with Gasteiger partial charge in [0.1, 0.15) is 0 Å². The van der Waals surface area contributed by atoms with Gasteiger partial charge in [0.2, 0.25) is 5.91 Å². The maximum atomic E-state index is 12.8. The summed E-state index contributed by atoms with van der Waals surface area (Å²) < 4.78 is 0. The van der Waals surface area contributed by atoms with Gasteiger partial charge in [-0.1, -0.05) is 90.5 Å². The highest BCUT2D eigenvalue weighted by atomic mass is 35.5. The Morgan fingerprint density at radius 3 is 2.00 bits per heavy atom. The van der Waals surface area contributed by atoms with Gasteiger partial charge in [-0.25, -0.2) is 5.43 Å². The average Bonchev–Trinajstić information content (AvgIpc) is 2.75. The number of hydrogen-bond acceptors (Lipinski definition) is 3. The summed E-state index contributed by atoms with van der Waals surface area (Å²) >= 11 is 6.03. The molecule has 0 aliphatic rings. The first-order chi connectivity index (χ1) is 14.1. The molecule has 0 heterocycles. The third kappa shape index (κ3) is 5.77. The second kappa shape index (κ2) is 10.2. The number of halogens is 1. The largest absolute Gasteiger partial charge is 0.346 e. The molecule has 6 heteroatoms. The Hall–Kier alpha value is -3.44. The molecular weight excluding hydrogens is 386 g/mol. The lowest BCUT2D eigenvalue weighted by Crippen LogP contribution is -2.37. The van der Waals surface area contributed by atoms with E-state index in [1.807, 2.05) is 72.8 Å². The fourth-order valence-corrected chi connectivity index (χ4v) is 3.03. The Morgan fingerprint density at radius 1 is 0.862 bits per heavy atom. The minimum absolute atomic E-state index is 0.186. The molecule has 5 nitrogen and oxygen atoms in total. The van der Waals surface area contributed by atoms with Crippen LogP contribution < -0.4 is 10.7 Å². The van der Waals surface area contributed by atoms with E-state index in [2.05, 4.69) is 15.8 Å². The van der Waals surface area contributed by atoms with Crippen molar-refractivity contribution >= 4 is 29.6 Å². The molecule has 0 radical (unpaired) electrons. The topological polar surface area (TPSA) is 70.6 Å². The first kappa shape index (κ1) is 20.3. The molecule has 3 aromatic rings. The maximum absolute atomic E-state index is 12.8. The number of nitrogens with zero attached hydrogens (tertiary/aromatic N) is 1. The van der Waals surface area contributed by atoms with Crippen LogP contribution in [0.25, 0.3) is 0 Å². The molecule has 0 aliphatic heterocycles. The SMILES string of the molecule is O=C(CNC(=O)C(c1ccccc1)c1ccccc1)NN=Cc1ccccc1Cl. The minimum atomic E-state index is -0.503. The highest BCUT2D eigenvalue weighted by molar-refractivity contribution is 6.33. The van der Waals surface area contributed by atoms with Crippen LogP contribution >= 0.6 is 11.6 Å². The Balaban J connectivity index is 1.61. The zero-order valence-corrected chi connectivity index (χ0v) is 16.3. The Morgan fingerprint density at radius 2 is 1.41 bits per heavy atom. The third-order valence-electron chi connectivity index (χ3n) is 4.25. The molecule has 0 fully saturated rings. The summed E-state index contributed by atoms with van der Waals surface area (Å²) in [4.78, 5) is 24.9. The molecule has 0 atom stereocenters. The first-order valence-electron chi connectivity index (χ1n) is 9.09. The van der Waals surface area contributed by atoms with Gasteiger partial charge in [-0.3, -0.25) is 9.59 Å². The van der Waals surface area contributed by atoms with Crippen molar-refractivity contribution in [3.63, 3.8) is 0 Å². The smallest absolute Gasteiger partial charge is 0.259 e. The lowest BCUT2D eigenvalue weighted by atomic mass is 9.90. The van der Waals surface area contributed by atoms with E-state index < -0.39 is 11.8 Å². The van der Waals surface area contributed by atoms with Gasteiger partial charge in [-0.15, -0.1) is 0 Å². The molecule has 0 unspecified atom stereocenters. The molecule has 0 aromatic heterocycles. The normalized spacial score (nSPS) is 10.8. The summed E-state index contributed by atoms with van der Waals surface area (Å²) in [6.07, 6.45) is 1.46. The number of carbonyl (C=O) groups excluding carboxylic acids is 2. The quantitative estimate of drug-likeness (QED) is 0.464. The van der Waals surface area contributed by atoms with Gasteiger partial charge in [0, 0.05) is 10.6 Å². The van der Waals surface area contributed by atoms with E-state index >= 15 is 0 Å². The number of amides is 2. The Kier molecular flexibility index (Phi) is 7.14. The lowest BCUT2D eigenvalue weighted by Gasteiger charge is -2.17. The summed E-state index contributed by atoms with van der Waals surface area (Å²) in [6, 6.07) is 26.1. The maximum Gasteiger partial charge on any atom is 0.259 e. The van der Waals surface area contributed by atoms with Crippen LogP contribution in [0.4, 0.5) is 0 Å². The summed E-state index contributed by atoms with van der Waals surface area (Å²) in [5.74, 6) is -1.19. The van der Waals surface area contributed by atoms with Crippen molar-refractivity contribution in [1.82, 2.24) is 10.7 Å². The molecule has 2 amide bonds. The molecule has 3 aromatic carbocycles. The van der Waals surface area contributed by atoms with E-state index in [1.165, 1.54) is 6.21 Å². The third-order valence-corrected chi connectivity index (χ3v) is 4.59. The zero-order valence-electron chi connectivity index (χ0n) is 15.6. The summed E-state index contributed by atoms with van der Waals surface area (Å²) in [5, 5.41) is 7.10. The van der Waals surface area contributed by atoms with Crippen LogP contribution in [-0.4, -0.2) is 24.6 Å². The van der Waals surface area contributed by atoms with Gasteiger partial charge in [0.15, 0.2) is 0 Å². The van der Waals surface area contributed by atoms with Gasteiger partial charge in [-0.2, -0.15) is 5.10 Å². The van der Waals surface area contributed by atoms with Crippen LogP contribution in [0.15, 0.2) is 90.0 Å². The van der Waals surface area contributed by atoms with E-state index in [0.29, 0.717) is 10.6 Å². The van der Waals surface area contributed by atoms with Gasteiger partial charge < -0.3 is 5.32 Å². The Bertz CT molecular complexity index is 952. The number of hydrogen-bond donors (Lipinski definition) is 2. The van der Waals surface area contributed by atoms with Crippen molar-refractivity contribution in [1.29, 1.82) is 0 Å². The second-order valence-corrected chi connectivity index (χ2v) is 6.69. The van der Waals surface area contributed by atoms with Crippen LogP contribution in [-0.2, 0) is 9.59 Å². The predicted molar refractivity (Wildman–Crippen MR) is 115 cm³/mol. The molecule has 146 valence electrons. The first-order valence-corrected chi connectivity index (χ1v) is 9.47. The number of nitrogens with one attached hydrogen (secondary N) is 2. The van der Waals surface area contributed by atoms with Crippen LogP contribution in [0.5, 0.6) is 0 Å². The monoisotopic (exact) mass is 405 g/mol. The fraction of sp³-hybridized carbons (Fsp3) is 0.0870. The summed E-state index contributed by atoms with van der Waals surface area (Å²) in [7, 11) is 0. The highest BCUT2D eigenvalue weighted by Crippen LogP contribution is 2.24. The zero-order chi connectivity index (χ0) is 20.5. The van der Waals surface area contributed by atoms with Crippen LogP contribution in [0.1, 0.15) is 22.6 Å². The van der Waals surface area contributed by atoms with Crippen molar-refractivity contribution in [3.8, 4) is 0 Å². The van der Waals surface area contributed by atoms with E-state index in [1.54, 1.807) is 12.1 Å². The van der Waals surface area contributed by atoms with Gasteiger partial charge in [0.05, 0.1) is 18.7 Å². The van der Waals surface area contributed by atoms with Crippen molar-refractivity contribution in [2.24, 2.45) is 5.10 Å². The second-order valence-electron chi connectivity index (χ2n) is 6.29. The molecular formula is C23H20ClN3O2. The van der Waals surface area contributed by atoms with Gasteiger partial charge in [0.25, 0.3) is 5.91 Å². The molecule has 0 saturated heterocycles. The fourth-order valence-electron chi connectivity index (χ4n) is 2.85. The molecule has 0 spiro atoms. The number of carbonyl (C=O) groups is 2. The van der Waals surface area contributed by atoms with E-state index in [-0.39, 0.29) is 12.5 Å².